The zero-order chi connectivity index (χ0) is 19.6. The minimum atomic E-state index is -0.293. The van der Waals surface area contributed by atoms with Crippen molar-refractivity contribution in [2.24, 2.45) is 5.92 Å². The Morgan fingerprint density at radius 2 is 2.04 bits per heavy atom. The summed E-state index contributed by atoms with van der Waals surface area (Å²) in [6.07, 6.45) is 5.55. The van der Waals surface area contributed by atoms with Gasteiger partial charge in [-0.2, -0.15) is 0 Å². The Morgan fingerprint density at radius 3 is 2.70 bits per heavy atom. The molecule has 1 atom stereocenters. The van der Waals surface area contributed by atoms with Crippen LogP contribution in [0.5, 0.6) is 0 Å². The molecule has 0 saturated carbocycles. The molecule has 2 rings (SSSR count). The highest BCUT2D eigenvalue weighted by Crippen LogP contribution is 2.10. The molecule has 1 aromatic rings. The smallest absolute Gasteiger partial charge is 0.273 e. The number of aliphatic hydroxyl groups is 1. The molecule has 1 amide bonds. The monoisotopic (exact) mass is 378 g/mol. The Bertz CT molecular complexity index is 580. The van der Waals surface area contributed by atoms with Crippen LogP contribution in [0.3, 0.4) is 0 Å². The molecular formula is C20H34N4O3. The summed E-state index contributed by atoms with van der Waals surface area (Å²) < 4.78 is 5.48. The molecule has 0 aromatic carbocycles. The second-order valence-electron chi connectivity index (χ2n) is 7.66. The molecule has 1 aromatic heterocycles. The second-order valence-corrected chi connectivity index (χ2v) is 7.66. The van der Waals surface area contributed by atoms with Gasteiger partial charge in [0.25, 0.3) is 5.91 Å². The lowest BCUT2D eigenvalue weighted by Gasteiger charge is -2.34. The van der Waals surface area contributed by atoms with Gasteiger partial charge in [-0.15, -0.1) is 6.58 Å². The Morgan fingerprint density at radius 1 is 1.33 bits per heavy atom. The number of β-amino-alcohol motifs (C(OH)–C–C–N with tert-alkyl or cyclic N) is 1. The summed E-state index contributed by atoms with van der Waals surface area (Å²) in [5, 5.41) is 12.9. The molecule has 7 nitrogen and oxygen atoms in total. The first kappa shape index (κ1) is 21.6. The molecule has 1 fully saturated rings. The molecular weight excluding hydrogens is 344 g/mol. The number of allylic oxidation sites excluding steroid dienone is 1. The summed E-state index contributed by atoms with van der Waals surface area (Å²) in [5.74, 6) is 0.951. The van der Waals surface area contributed by atoms with Crippen molar-refractivity contribution >= 4 is 5.91 Å². The minimum Gasteiger partial charge on any atom is -0.447 e. The quantitative estimate of drug-likeness (QED) is 0.573. The number of carbonyl (C=O) groups is 1. The average Bonchev–Trinajstić information content (AvgIpc) is 3.10. The standard InChI is InChI=1S/C20H34N4O3/c1-4-5-6-17(25)13-23-9-11-24(12-10-23)14-19-22-18(15-27-19)20(26)21-8-7-16(2)3/h4,15-17,25H,1,5-14H2,2-3H3,(H,21,26). The lowest BCUT2D eigenvalue weighted by atomic mass is 10.1. The molecule has 0 radical (unpaired) electrons. The molecule has 0 spiro atoms. The van der Waals surface area contributed by atoms with E-state index in [-0.39, 0.29) is 12.0 Å². The van der Waals surface area contributed by atoms with E-state index in [9.17, 15) is 9.90 Å². The number of aliphatic hydroxyl groups excluding tert-OH is 1. The Labute approximate surface area is 162 Å². The lowest BCUT2D eigenvalue weighted by Crippen LogP contribution is -2.48. The van der Waals surface area contributed by atoms with Crippen molar-refractivity contribution in [2.75, 3.05) is 39.3 Å². The first-order valence-electron chi connectivity index (χ1n) is 9.94. The topological polar surface area (TPSA) is 81.8 Å². The molecule has 1 unspecified atom stereocenters. The fourth-order valence-electron chi connectivity index (χ4n) is 3.07. The number of oxazole rings is 1. The zero-order valence-electron chi connectivity index (χ0n) is 16.7. The van der Waals surface area contributed by atoms with Crippen LogP contribution in [0.4, 0.5) is 0 Å². The number of piperazine rings is 1. The maximum absolute atomic E-state index is 12.1. The van der Waals surface area contributed by atoms with E-state index in [1.54, 1.807) is 0 Å². The molecule has 7 heteroatoms. The van der Waals surface area contributed by atoms with Crippen LogP contribution in [0, 0.1) is 5.92 Å². The number of nitrogens with zero attached hydrogens (tertiary/aromatic N) is 3. The van der Waals surface area contributed by atoms with Crippen molar-refractivity contribution in [1.29, 1.82) is 0 Å². The highest BCUT2D eigenvalue weighted by atomic mass is 16.3. The average molecular weight is 379 g/mol. The third-order valence-electron chi connectivity index (χ3n) is 4.79. The van der Waals surface area contributed by atoms with E-state index in [0.29, 0.717) is 37.1 Å². The van der Waals surface area contributed by atoms with Gasteiger partial charge in [0.1, 0.15) is 6.26 Å². The van der Waals surface area contributed by atoms with Gasteiger partial charge in [0.2, 0.25) is 5.89 Å². The van der Waals surface area contributed by atoms with Gasteiger partial charge in [0, 0.05) is 39.3 Å². The first-order valence-corrected chi connectivity index (χ1v) is 9.94. The second kappa shape index (κ2) is 11.2. The van der Waals surface area contributed by atoms with Gasteiger partial charge in [-0.1, -0.05) is 19.9 Å². The van der Waals surface area contributed by atoms with Crippen molar-refractivity contribution in [3.63, 3.8) is 0 Å². The Hall–Kier alpha value is -1.70. The fourth-order valence-corrected chi connectivity index (χ4v) is 3.07. The van der Waals surface area contributed by atoms with E-state index in [0.717, 1.165) is 45.4 Å². The van der Waals surface area contributed by atoms with E-state index in [2.05, 4.69) is 40.5 Å². The van der Waals surface area contributed by atoms with Crippen molar-refractivity contribution < 1.29 is 14.3 Å². The highest BCUT2D eigenvalue weighted by Gasteiger charge is 2.21. The molecule has 27 heavy (non-hydrogen) atoms. The van der Waals surface area contributed by atoms with E-state index in [1.807, 2.05) is 6.08 Å². The molecule has 152 valence electrons. The summed E-state index contributed by atoms with van der Waals surface area (Å²) >= 11 is 0. The Kier molecular flexibility index (Phi) is 8.97. The predicted molar refractivity (Wildman–Crippen MR) is 105 cm³/mol. The zero-order valence-corrected chi connectivity index (χ0v) is 16.7. The normalized spacial score (nSPS) is 17.2. The summed E-state index contributed by atoms with van der Waals surface area (Å²) in [4.78, 5) is 20.9. The largest absolute Gasteiger partial charge is 0.447 e. The van der Waals surface area contributed by atoms with Crippen LogP contribution < -0.4 is 5.32 Å². The van der Waals surface area contributed by atoms with Crippen molar-refractivity contribution in [2.45, 2.75) is 45.8 Å². The predicted octanol–water partition coefficient (Wildman–Crippen LogP) is 1.90. The number of carbonyl (C=O) groups excluding carboxylic acids is 1. The van der Waals surface area contributed by atoms with Gasteiger partial charge < -0.3 is 14.8 Å². The van der Waals surface area contributed by atoms with Crippen LogP contribution in [0.15, 0.2) is 23.3 Å². The third kappa shape index (κ3) is 7.82. The van der Waals surface area contributed by atoms with Crippen LogP contribution in [0.25, 0.3) is 0 Å². The number of rotatable bonds is 11. The van der Waals surface area contributed by atoms with Crippen LogP contribution in [0.1, 0.15) is 49.5 Å². The number of amides is 1. The fraction of sp³-hybridized carbons (Fsp3) is 0.700. The van der Waals surface area contributed by atoms with Crippen molar-refractivity contribution in [3.8, 4) is 0 Å². The van der Waals surface area contributed by atoms with Crippen molar-refractivity contribution in [3.05, 3.63) is 30.5 Å². The van der Waals surface area contributed by atoms with Crippen LogP contribution >= 0.6 is 0 Å². The van der Waals surface area contributed by atoms with Crippen LogP contribution in [-0.4, -0.2) is 71.2 Å². The summed E-state index contributed by atoms with van der Waals surface area (Å²) in [6.45, 7) is 13.5. The Balaban J connectivity index is 1.70. The SMILES string of the molecule is C=CCCC(O)CN1CCN(Cc2nc(C(=O)NCCC(C)C)co2)CC1. The number of hydrogen-bond acceptors (Lipinski definition) is 6. The molecule has 1 aliphatic heterocycles. The molecule has 2 N–H and O–H groups in total. The van der Waals surface area contributed by atoms with E-state index < -0.39 is 0 Å². The molecule has 2 heterocycles. The maximum Gasteiger partial charge on any atom is 0.273 e. The third-order valence-corrected chi connectivity index (χ3v) is 4.79. The summed E-state index contributed by atoms with van der Waals surface area (Å²) in [6, 6.07) is 0. The van der Waals surface area contributed by atoms with Gasteiger partial charge in [-0.25, -0.2) is 4.98 Å². The van der Waals surface area contributed by atoms with Crippen molar-refractivity contribution in [1.82, 2.24) is 20.1 Å². The molecule has 0 bridgehead atoms. The number of aromatic nitrogens is 1. The molecule has 1 saturated heterocycles. The minimum absolute atomic E-state index is 0.177. The van der Waals surface area contributed by atoms with Crippen LogP contribution in [-0.2, 0) is 6.54 Å². The molecule has 0 aliphatic carbocycles. The van der Waals surface area contributed by atoms with Gasteiger partial charge in [0.15, 0.2) is 5.69 Å². The number of nitrogens with one attached hydrogen (secondary N) is 1. The highest BCUT2D eigenvalue weighted by molar-refractivity contribution is 5.91. The van der Waals surface area contributed by atoms with Gasteiger partial charge in [-0.05, 0) is 25.2 Å². The summed E-state index contributed by atoms with van der Waals surface area (Å²) in [7, 11) is 0. The van der Waals surface area contributed by atoms with E-state index >= 15 is 0 Å². The lowest BCUT2D eigenvalue weighted by molar-refractivity contribution is 0.0642. The van der Waals surface area contributed by atoms with Crippen LogP contribution in [0.2, 0.25) is 0 Å². The molecule has 1 aliphatic rings. The number of hydrogen-bond donors (Lipinski definition) is 2. The summed E-state index contributed by atoms with van der Waals surface area (Å²) in [5.41, 5.74) is 0.345. The van der Waals surface area contributed by atoms with Gasteiger partial charge in [0.05, 0.1) is 12.6 Å². The maximum atomic E-state index is 12.1. The van der Waals surface area contributed by atoms with E-state index in [1.165, 1.54) is 6.26 Å². The van der Waals surface area contributed by atoms with E-state index in [4.69, 9.17) is 4.42 Å². The first-order chi connectivity index (χ1) is 13.0. The van der Waals surface area contributed by atoms with Gasteiger partial charge >= 0.3 is 0 Å². The van der Waals surface area contributed by atoms with Gasteiger partial charge in [-0.3, -0.25) is 14.6 Å².